The third-order valence-corrected chi connectivity index (χ3v) is 4.05. The van der Waals surface area contributed by atoms with E-state index in [1.54, 1.807) is 12.1 Å². The Bertz CT molecular complexity index is 612. The largest absolute Gasteiger partial charge is 0.311 e. The molecule has 0 aliphatic heterocycles. The van der Waals surface area contributed by atoms with Gasteiger partial charge in [-0.15, -0.1) is 10.2 Å². The van der Waals surface area contributed by atoms with E-state index in [1.807, 2.05) is 20.9 Å². The fourth-order valence-corrected chi connectivity index (χ4v) is 2.58. The third-order valence-electron chi connectivity index (χ3n) is 2.91. The lowest BCUT2D eigenvalue weighted by Crippen LogP contribution is -2.11. The van der Waals surface area contributed by atoms with E-state index in [4.69, 9.17) is 0 Å². The molecule has 1 unspecified atom stereocenters. The third kappa shape index (κ3) is 2.77. The summed E-state index contributed by atoms with van der Waals surface area (Å²) in [7, 11) is 1.85. The Morgan fingerprint density at radius 3 is 2.79 bits per heavy atom. The molecule has 2 rings (SSSR count). The maximum Gasteiger partial charge on any atom is 0.270 e. The minimum atomic E-state index is -0.402. The first-order valence-electron chi connectivity index (χ1n) is 5.79. The number of rotatable bonds is 4. The number of nitrogens with zero attached hydrogens (tertiary/aromatic N) is 3. The van der Waals surface area contributed by atoms with Crippen molar-refractivity contribution in [3.05, 3.63) is 38.9 Å². The van der Waals surface area contributed by atoms with Crippen LogP contribution in [0.15, 0.2) is 18.2 Å². The molecule has 0 saturated carbocycles. The number of hydrogen-bond acceptors (Lipinski definition) is 6. The minimum absolute atomic E-state index is 0.0685. The zero-order valence-corrected chi connectivity index (χ0v) is 11.7. The van der Waals surface area contributed by atoms with E-state index >= 15 is 0 Å². The number of hydrogen-bond donors (Lipinski definition) is 1. The van der Waals surface area contributed by atoms with E-state index in [1.165, 1.54) is 17.4 Å². The maximum absolute atomic E-state index is 10.8. The van der Waals surface area contributed by atoms with E-state index in [0.717, 1.165) is 16.1 Å². The molecule has 100 valence electrons. The Morgan fingerprint density at radius 2 is 2.16 bits per heavy atom. The molecule has 1 N–H and O–H groups in total. The predicted molar refractivity (Wildman–Crippen MR) is 74.2 cm³/mol. The van der Waals surface area contributed by atoms with Crippen molar-refractivity contribution in [2.45, 2.75) is 19.9 Å². The highest BCUT2D eigenvalue weighted by Crippen LogP contribution is 2.31. The van der Waals surface area contributed by atoms with Crippen LogP contribution in [-0.2, 0) is 0 Å². The van der Waals surface area contributed by atoms with Gasteiger partial charge in [-0.3, -0.25) is 10.1 Å². The van der Waals surface area contributed by atoms with Crippen molar-refractivity contribution in [2.75, 3.05) is 7.05 Å². The van der Waals surface area contributed by atoms with Crippen LogP contribution in [-0.4, -0.2) is 22.2 Å². The Kier molecular flexibility index (Phi) is 3.87. The van der Waals surface area contributed by atoms with E-state index in [0.29, 0.717) is 5.01 Å². The first-order valence-corrected chi connectivity index (χ1v) is 6.60. The molecule has 0 aliphatic carbocycles. The van der Waals surface area contributed by atoms with Crippen LogP contribution in [0.2, 0.25) is 0 Å². The average molecular weight is 278 g/mol. The van der Waals surface area contributed by atoms with Gasteiger partial charge in [-0.25, -0.2) is 0 Å². The molecule has 1 aromatic carbocycles. The highest BCUT2D eigenvalue weighted by molar-refractivity contribution is 7.14. The number of nitrogens with one attached hydrogen (secondary N) is 1. The Morgan fingerprint density at radius 1 is 1.42 bits per heavy atom. The summed E-state index contributed by atoms with van der Waals surface area (Å²) < 4.78 is 0. The zero-order chi connectivity index (χ0) is 14.0. The van der Waals surface area contributed by atoms with Crippen molar-refractivity contribution in [2.24, 2.45) is 0 Å². The summed E-state index contributed by atoms with van der Waals surface area (Å²) in [5.74, 6) is 0. The van der Waals surface area contributed by atoms with Gasteiger partial charge in [0.05, 0.1) is 11.0 Å². The topological polar surface area (TPSA) is 81.0 Å². The van der Waals surface area contributed by atoms with Gasteiger partial charge in [-0.2, -0.15) is 0 Å². The quantitative estimate of drug-likeness (QED) is 0.687. The molecule has 1 atom stereocenters. The smallest absolute Gasteiger partial charge is 0.270 e. The number of aromatic nitrogens is 2. The van der Waals surface area contributed by atoms with Crippen LogP contribution in [0.3, 0.4) is 0 Å². The van der Waals surface area contributed by atoms with E-state index in [9.17, 15) is 10.1 Å². The van der Waals surface area contributed by atoms with Gasteiger partial charge < -0.3 is 5.32 Å². The monoisotopic (exact) mass is 278 g/mol. The summed E-state index contributed by atoms with van der Waals surface area (Å²) in [6.45, 7) is 3.90. The number of aryl methyl sites for hydroxylation is 1. The van der Waals surface area contributed by atoms with Gasteiger partial charge in [0.2, 0.25) is 0 Å². The molecule has 0 fully saturated rings. The van der Waals surface area contributed by atoms with Crippen LogP contribution in [0.5, 0.6) is 0 Å². The molecule has 19 heavy (non-hydrogen) atoms. The summed E-state index contributed by atoms with van der Waals surface area (Å²) in [5.41, 5.74) is 1.78. The van der Waals surface area contributed by atoms with Gasteiger partial charge in [-0.05, 0) is 26.5 Å². The molecule has 0 saturated heterocycles. The van der Waals surface area contributed by atoms with E-state index in [2.05, 4.69) is 15.5 Å². The van der Waals surface area contributed by atoms with E-state index in [-0.39, 0.29) is 11.7 Å². The van der Waals surface area contributed by atoms with Crippen LogP contribution in [0, 0.1) is 17.0 Å². The molecule has 7 heteroatoms. The van der Waals surface area contributed by atoms with Gasteiger partial charge in [0.1, 0.15) is 10.0 Å². The van der Waals surface area contributed by atoms with Crippen LogP contribution in [0.1, 0.15) is 23.5 Å². The normalized spacial score (nSPS) is 12.4. The molecular formula is C12H14N4O2S. The molecule has 2 aromatic rings. The summed E-state index contributed by atoms with van der Waals surface area (Å²) in [6, 6.07) is 4.89. The Balaban J connectivity index is 2.43. The van der Waals surface area contributed by atoms with Crippen molar-refractivity contribution < 1.29 is 4.92 Å². The highest BCUT2D eigenvalue weighted by atomic mass is 32.1. The molecular weight excluding hydrogens is 264 g/mol. The SMILES string of the molecule is CNC(C)c1nnc(-c2cc([N+](=O)[O-])ccc2C)s1. The zero-order valence-electron chi connectivity index (χ0n) is 10.9. The van der Waals surface area contributed by atoms with Crippen molar-refractivity contribution in [1.82, 2.24) is 15.5 Å². The molecule has 0 bridgehead atoms. The number of nitro groups is 1. The van der Waals surface area contributed by atoms with Crippen LogP contribution < -0.4 is 5.32 Å². The first kappa shape index (κ1) is 13.6. The van der Waals surface area contributed by atoms with Crippen molar-refractivity contribution in [3.63, 3.8) is 0 Å². The second kappa shape index (κ2) is 5.41. The lowest BCUT2D eigenvalue weighted by molar-refractivity contribution is -0.384. The molecule has 0 aliphatic rings. The Labute approximate surface area is 114 Å². The van der Waals surface area contributed by atoms with Gasteiger partial charge in [0, 0.05) is 17.7 Å². The first-order chi connectivity index (χ1) is 9.02. The lowest BCUT2D eigenvalue weighted by Gasteiger charge is -2.03. The second-order valence-corrected chi connectivity index (χ2v) is 5.22. The fourth-order valence-electron chi connectivity index (χ4n) is 1.60. The minimum Gasteiger partial charge on any atom is -0.311 e. The lowest BCUT2D eigenvalue weighted by atomic mass is 10.1. The molecule has 0 radical (unpaired) electrons. The molecule has 0 spiro atoms. The second-order valence-electron chi connectivity index (χ2n) is 4.21. The van der Waals surface area contributed by atoms with Gasteiger partial charge in [0.15, 0.2) is 0 Å². The van der Waals surface area contributed by atoms with Gasteiger partial charge >= 0.3 is 0 Å². The summed E-state index contributed by atoms with van der Waals surface area (Å²) in [5, 5.41) is 23.7. The molecule has 1 aromatic heterocycles. The van der Waals surface area contributed by atoms with Crippen molar-refractivity contribution in [1.29, 1.82) is 0 Å². The Hall–Kier alpha value is -1.86. The standard InChI is InChI=1S/C12H14N4O2S/c1-7-4-5-9(16(17)18)6-10(7)12-15-14-11(19-12)8(2)13-3/h4-6,8,13H,1-3H3. The van der Waals surface area contributed by atoms with E-state index < -0.39 is 4.92 Å². The van der Waals surface area contributed by atoms with Crippen LogP contribution in [0.25, 0.3) is 10.6 Å². The summed E-state index contributed by atoms with van der Waals surface area (Å²) >= 11 is 1.45. The fraction of sp³-hybridized carbons (Fsp3) is 0.333. The van der Waals surface area contributed by atoms with Crippen molar-refractivity contribution >= 4 is 17.0 Å². The number of non-ortho nitro benzene ring substituents is 1. The summed E-state index contributed by atoms with van der Waals surface area (Å²) in [6.07, 6.45) is 0. The summed E-state index contributed by atoms with van der Waals surface area (Å²) in [4.78, 5) is 10.4. The van der Waals surface area contributed by atoms with Crippen LogP contribution >= 0.6 is 11.3 Å². The number of nitro benzene ring substituents is 1. The highest BCUT2D eigenvalue weighted by Gasteiger charge is 2.15. The predicted octanol–water partition coefficient (Wildman–Crippen LogP) is 2.70. The van der Waals surface area contributed by atoms with Crippen molar-refractivity contribution in [3.8, 4) is 10.6 Å². The number of benzene rings is 1. The van der Waals surface area contributed by atoms with Gasteiger partial charge in [0.25, 0.3) is 5.69 Å². The molecule has 1 heterocycles. The average Bonchev–Trinajstić information content (AvgIpc) is 2.87. The van der Waals surface area contributed by atoms with Crippen LogP contribution in [0.4, 0.5) is 5.69 Å². The van der Waals surface area contributed by atoms with Gasteiger partial charge in [-0.1, -0.05) is 17.4 Å². The molecule has 0 amide bonds. The maximum atomic E-state index is 10.8. The molecule has 6 nitrogen and oxygen atoms in total.